The fraction of sp³-hybridized carbons (Fsp3) is 0.188. The summed E-state index contributed by atoms with van der Waals surface area (Å²) in [6.07, 6.45) is 0. The second-order valence-corrected chi connectivity index (χ2v) is 4.55. The van der Waals surface area contributed by atoms with Crippen LogP contribution in [0.15, 0.2) is 48.5 Å². The fourth-order valence-electron chi connectivity index (χ4n) is 1.82. The topological polar surface area (TPSA) is 64.3 Å². The number of benzene rings is 2. The normalized spacial score (nSPS) is 10.1. The van der Waals surface area contributed by atoms with Crippen LogP contribution in [-0.2, 0) is 11.4 Å². The third kappa shape index (κ3) is 4.10. The Morgan fingerprint density at radius 2 is 1.95 bits per heavy atom. The predicted molar refractivity (Wildman–Crippen MR) is 79.6 cm³/mol. The van der Waals surface area contributed by atoms with Gasteiger partial charge in [-0.05, 0) is 36.8 Å². The summed E-state index contributed by atoms with van der Waals surface area (Å²) in [5.41, 5.74) is 8.29. The van der Waals surface area contributed by atoms with Crippen LogP contribution in [0.4, 0.5) is 5.69 Å². The third-order valence-corrected chi connectivity index (χ3v) is 2.81. The standard InChI is InChI=1S/C16H18N2O2/c1-12-3-2-4-13(9-12)11-20-15-7-5-14(6-8-15)18-16(19)10-17/h2-9H,10-11,17H2,1H3,(H,18,19). The van der Waals surface area contributed by atoms with Crippen LogP contribution in [0.5, 0.6) is 5.75 Å². The molecule has 104 valence electrons. The highest BCUT2D eigenvalue weighted by molar-refractivity contribution is 5.92. The number of hydrogen-bond acceptors (Lipinski definition) is 3. The van der Waals surface area contributed by atoms with Gasteiger partial charge in [0.1, 0.15) is 12.4 Å². The molecule has 1 amide bonds. The molecule has 0 aliphatic carbocycles. The number of ether oxygens (including phenoxy) is 1. The number of hydrogen-bond donors (Lipinski definition) is 2. The minimum absolute atomic E-state index is 0.0222. The summed E-state index contributed by atoms with van der Waals surface area (Å²) < 4.78 is 5.70. The molecule has 0 saturated carbocycles. The van der Waals surface area contributed by atoms with Gasteiger partial charge in [-0.1, -0.05) is 29.8 Å². The van der Waals surface area contributed by atoms with E-state index in [-0.39, 0.29) is 12.5 Å². The van der Waals surface area contributed by atoms with Gasteiger partial charge in [-0.25, -0.2) is 0 Å². The average molecular weight is 270 g/mol. The lowest BCUT2D eigenvalue weighted by Gasteiger charge is -2.08. The number of anilines is 1. The molecule has 2 aromatic rings. The molecule has 4 nitrogen and oxygen atoms in total. The third-order valence-electron chi connectivity index (χ3n) is 2.81. The van der Waals surface area contributed by atoms with Crippen LogP contribution < -0.4 is 15.8 Å². The number of nitrogens with two attached hydrogens (primary N) is 1. The summed E-state index contributed by atoms with van der Waals surface area (Å²) in [5, 5.41) is 2.68. The summed E-state index contributed by atoms with van der Waals surface area (Å²) >= 11 is 0. The Balaban J connectivity index is 1.92. The summed E-state index contributed by atoms with van der Waals surface area (Å²) in [4.78, 5) is 11.1. The van der Waals surface area contributed by atoms with E-state index in [1.54, 1.807) is 12.1 Å². The second-order valence-electron chi connectivity index (χ2n) is 4.55. The number of carbonyl (C=O) groups is 1. The van der Waals surface area contributed by atoms with Crippen LogP contribution in [0, 0.1) is 6.92 Å². The lowest BCUT2D eigenvalue weighted by molar-refractivity contribution is -0.114. The zero-order valence-electron chi connectivity index (χ0n) is 11.4. The first-order chi connectivity index (χ1) is 9.67. The second kappa shape index (κ2) is 6.73. The molecule has 0 spiro atoms. The smallest absolute Gasteiger partial charge is 0.238 e. The number of nitrogens with one attached hydrogen (secondary N) is 1. The molecule has 0 unspecified atom stereocenters. The molecule has 0 aliphatic rings. The van der Waals surface area contributed by atoms with Crippen LogP contribution in [-0.4, -0.2) is 12.5 Å². The van der Waals surface area contributed by atoms with Crippen LogP contribution in [0.3, 0.4) is 0 Å². The van der Waals surface area contributed by atoms with Crippen molar-refractivity contribution in [3.8, 4) is 5.75 Å². The van der Waals surface area contributed by atoms with Crippen LogP contribution >= 0.6 is 0 Å². The molecule has 0 aliphatic heterocycles. The van der Waals surface area contributed by atoms with Crippen molar-refractivity contribution in [2.45, 2.75) is 13.5 Å². The van der Waals surface area contributed by atoms with Gasteiger partial charge in [-0.15, -0.1) is 0 Å². The van der Waals surface area contributed by atoms with E-state index in [9.17, 15) is 4.79 Å². The molecule has 0 fully saturated rings. The van der Waals surface area contributed by atoms with E-state index in [1.807, 2.05) is 24.3 Å². The Labute approximate surface area is 118 Å². The monoisotopic (exact) mass is 270 g/mol. The number of amides is 1. The lowest BCUT2D eigenvalue weighted by atomic mass is 10.1. The van der Waals surface area contributed by atoms with Crippen molar-refractivity contribution >= 4 is 11.6 Å². The van der Waals surface area contributed by atoms with Crippen molar-refractivity contribution in [1.82, 2.24) is 0 Å². The quantitative estimate of drug-likeness (QED) is 0.877. The van der Waals surface area contributed by atoms with Crippen molar-refractivity contribution in [3.05, 3.63) is 59.7 Å². The van der Waals surface area contributed by atoms with Gasteiger partial charge in [0.15, 0.2) is 0 Å². The number of aryl methyl sites for hydroxylation is 1. The van der Waals surface area contributed by atoms with Crippen molar-refractivity contribution in [2.75, 3.05) is 11.9 Å². The molecule has 2 rings (SSSR count). The molecular formula is C16H18N2O2. The molecular weight excluding hydrogens is 252 g/mol. The highest BCUT2D eigenvalue weighted by Crippen LogP contribution is 2.17. The molecule has 0 heterocycles. The van der Waals surface area contributed by atoms with E-state index in [1.165, 1.54) is 5.56 Å². The summed E-state index contributed by atoms with van der Waals surface area (Å²) in [6, 6.07) is 15.4. The summed E-state index contributed by atoms with van der Waals surface area (Å²) in [5.74, 6) is 0.552. The van der Waals surface area contributed by atoms with Gasteiger partial charge in [-0.3, -0.25) is 4.79 Å². The molecule has 20 heavy (non-hydrogen) atoms. The molecule has 4 heteroatoms. The Morgan fingerprint density at radius 1 is 1.20 bits per heavy atom. The Bertz CT molecular complexity index is 579. The first kappa shape index (κ1) is 14.1. The van der Waals surface area contributed by atoms with Gasteiger partial charge in [0.25, 0.3) is 0 Å². The molecule has 0 atom stereocenters. The van der Waals surface area contributed by atoms with E-state index in [4.69, 9.17) is 10.5 Å². The van der Waals surface area contributed by atoms with Gasteiger partial charge >= 0.3 is 0 Å². The van der Waals surface area contributed by atoms with E-state index in [2.05, 4.69) is 24.4 Å². The predicted octanol–water partition coefficient (Wildman–Crippen LogP) is 2.47. The fourth-order valence-corrected chi connectivity index (χ4v) is 1.82. The highest BCUT2D eigenvalue weighted by Gasteiger charge is 2.00. The maximum Gasteiger partial charge on any atom is 0.238 e. The maximum absolute atomic E-state index is 11.1. The zero-order chi connectivity index (χ0) is 14.4. The highest BCUT2D eigenvalue weighted by atomic mass is 16.5. The molecule has 0 bridgehead atoms. The van der Waals surface area contributed by atoms with Crippen molar-refractivity contribution in [2.24, 2.45) is 5.73 Å². The van der Waals surface area contributed by atoms with Crippen molar-refractivity contribution in [1.29, 1.82) is 0 Å². The number of rotatable bonds is 5. The van der Waals surface area contributed by atoms with Gasteiger partial charge in [-0.2, -0.15) is 0 Å². The first-order valence-corrected chi connectivity index (χ1v) is 6.46. The Morgan fingerprint density at radius 3 is 2.60 bits per heavy atom. The number of carbonyl (C=O) groups excluding carboxylic acids is 1. The Hall–Kier alpha value is -2.33. The minimum atomic E-state index is -0.210. The van der Waals surface area contributed by atoms with Gasteiger partial charge in [0.05, 0.1) is 6.54 Å². The minimum Gasteiger partial charge on any atom is -0.489 e. The van der Waals surface area contributed by atoms with E-state index in [0.717, 1.165) is 11.3 Å². The SMILES string of the molecule is Cc1cccc(COc2ccc(NC(=O)CN)cc2)c1. The van der Waals surface area contributed by atoms with Crippen LogP contribution in [0.2, 0.25) is 0 Å². The van der Waals surface area contributed by atoms with Gasteiger partial charge < -0.3 is 15.8 Å². The molecule has 3 N–H and O–H groups in total. The maximum atomic E-state index is 11.1. The van der Waals surface area contributed by atoms with Crippen LogP contribution in [0.25, 0.3) is 0 Å². The average Bonchev–Trinajstić information content (AvgIpc) is 2.46. The van der Waals surface area contributed by atoms with E-state index in [0.29, 0.717) is 12.3 Å². The van der Waals surface area contributed by atoms with Crippen molar-refractivity contribution in [3.63, 3.8) is 0 Å². The van der Waals surface area contributed by atoms with Crippen molar-refractivity contribution < 1.29 is 9.53 Å². The van der Waals surface area contributed by atoms with Crippen LogP contribution in [0.1, 0.15) is 11.1 Å². The summed E-state index contributed by atoms with van der Waals surface area (Å²) in [6.45, 7) is 2.56. The van der Waals surface area contributed by atoms with Gasteiger partial charge in [0.2, 0.25) is 5.91 Å². The molecule has 0 radical (unpaired) electrons. The van der Waals surface area contributed by atoms with E-state index < -0.39 is 0 Å². The Kier molecular flexibility index (Phi) is 4.74. The summed E-state index contributed by atoms with van der Waals surface area (Å²) in [7, 11) is 0. The van der Waals surface area contributed by atoms with E-state index >= 15 is 0 Å². The molecule has 0 aromatic heterocycles. The lowest BCUT2D eigenvalue weighted by Crippen LogP contribution is -2.21. The van der Waals surface area contributed by atoms with Gasteiger partial charge in [0, 0.05) is 5.69 Å². The largest absolute Gasteiger partial charge is 0.489 e. The molecule has 0 saturated heterocycles. The zero-order valence-corrected chi connectivity index (χ0v) is 11.4. The molecule has 2 aromatic carbocycles. The first-order valence-electron chi connectivity index (χ1n) is 6.46.